The fraction of sp³-hybridized carbons (Fsp3) is 0.300. The zero-order valence-electron chi connectivity index (χ0n) is 16.0. The van der Waals surface area contributed by atoms with Crippen molar-refractivity contribution in [2.24, 2.45) is 0 Å². The molecule has 0 aliphatic rings. The number of ether oxygens (including phenoxy) is 2. The van der Waals surface area contributed by atoms with E-state index in [4.69, 9.17) is 9.47 Å². The molecule has 0 aliphatic carbocycles. The minimum Gasteiger partial charge on any atom is -0.462 e. The Bertz CT molecular complexity index is 866. The Morgan fingerprint density at radius 2 is 1.90 bits per heavy atom. The SMILES string of the molecule is CCCOC(=O)c1ccccc1OC(=O)CNC(=O)C(C)SC(=O)c1cccs1. The van der Waals surface area contributed by atoms with Gasteiger partial charge in [-0.3, -0.25) is 9.59 Å². The normalized spacial score (nSPS) is 11.4. The highest BCUT2D eigenvalue weighted by molar-refractivity contribution is 8.15. The number of carbonyl (C=O) groups is 4. The van der Waals surface area contributed by atoms with Crippen LogP contribution in [0.1, 0.15) is 40.3 Å². The zero-order valence-corrected chi connectivity index (χ0v) is 17.6. The Morgan fingerprint density at radius 1 is 1.14 bits per heavy atom. The van der Waals surface area contributed by atoms with Crippen LogP contribution >= 0.6 is 23.1 Å². The number of thiophene rings is 1. The van der Waals surface area contributed by atoms with E-state index in [9.17, 15) is 19.2 Å². The number of carbonyl (C=O) groups excluding carboxylic acids is 4. The predicted molar refractivity (Wildman–Crippen MR) is 111 cm³/mol. The molecule has 1 aromatic carbocycles. The monoisotopic (exact) mass is 435 g/mol. The highest BCUT2D eigenvalue weighted by Gasteiger charge is 2.21. The van der Waals surface area contributed by atoms with Crippen molar-refractivity contribution in [1.29, 1.82) is 0 Å². The van der Waals surface area contributed by atoms with Crippen LogP contribution in [0.15, 0.2) is 41.8 Å². The van der Waals surface area contributed by atoms with Gasteiger partial charge in [0.05, 0.1) is 16.7 Å². The third-order valence-electron chi connectivity index (χ3n) is 3.55. The van der Waals surface area contributed by atoms with Gasteiger partial charge < -0.3 is 14.8 Å². The average molecular weight is 436 g/mol. The van der Waals surface area contributed by atoms with Gasteiger partial charge in [-0.2, -0.15) is 0 Å². The summed E-state index contributed by atoms with van der Waals surface area (Å²) in [5.41, 5.74) is 0.131. The molecular formula is C20H21NO6S2. The average Bonchev–Trinajstić information content (AvgIpc) is 3.25. The summed E-state index contributed by atoms with van der Waals surface area (Å²) in [7, 11) is 0. The van der Waals surface area contributed by atoms with E-state index in [0.29, 0.717) is 11.3 Å². The molecule has 1 aromatic heterocycles. The molecule has 2 rings (SSSR count). The minimum atomic E-state index is -0.740. The van der Waals surface area contributed by atoms with Crippen molar-refractivity contribution in [1.82, 2.24) is 5.32 Å². The fourth-order valence-corrected chi connectivity index (χ4v) is 3.67. The molecule has 1 heterocycles. The lowest BCUT2D eigenvalue weighted by Crippen LogP contribution is -2.37. The molecule has 0 saturated carbocycles. The van der Waals surface area contributed by atoms with Crippen LogP contribution in [-0.4, -0.2) is 41.4 Å². The number of nitrogens with one attached hydrogen (secondary N) is 1. The first kappa shape index (κ1) is 22.6. The molecule has 0 spiro atoms. The fourth-order valence-electron chi connectivity index (χ4n) is 2.13. The van der Waals surface area contributed by atoms with E-state index in [-0.39, 0.29) is 23.0 Å². The van der Waals surface area contributed by atoms with Gasteiger partial charge in [0.15, 0.2) is 0 Å². The third-order valence-corrected chi connectivity index (χ3v) is 5.55. The quantitative estimate of drug-likeness (QED) is 0.477. The van der Waals surface area contributed by atoms with Gasteiger partial charge in [-0.15, -0.1) is 11.3 Å². The molecule has 7 nitrogen and oxygen atoms in total. The van der Waals surface area contributed by atoms with Crippen LogP contribution < -0.4 is 10.1 Å². The summed E-state index contributed by atoms with van der Waals surface area (Å²) in [4.78, 5) is 48.8. The van der Waals surface area contributed by atoms with Gasteiger partial charge in [0.1, 0.15) is 17.9 Å². The molecule has 0 bridgehead atoms. The summed E-state index contributed by atoms with van der Waals surface area (Å²) < 4.78 is 10.3. The number of para-hydroxylation sites is 1. The topological polar surface area (TPSA) is 98.8 Å². The largest absolute Gasteiger partial charge is 0.462 e. The lowest BCUT2D eigenvalue weighted by atomic mass is 10.2. The standard InChI is InChI=1S/C20H21NO6S2/c1-3-10-26-19(24)14-7-4-5-8-15(14)27-17(22)12-21-18(23)13(2)29-20(25)16-9-6-11-28-16/h4-9,11,13H,3,10,12H2,1-2H3,(H,21,23). The van der Waals surface area contributed by atoms with Gasteiger partial charge in [0.25, 0.3) is 0 Å². The molecular weight excluding hydrogens is 414 g/mol. The van der Waals surface area contributed by atoms with E-state index in [1.165, 1.54) is 23.5 Å². The maximum absolute atomic E-state index is 12.1. The zero-order chi connectivity index (χ0) is 21.2. The first-order valence-corrected chi connectivity index (χ1v) is 10.7. The van der Waals surface area contributed by atoms with Crippen molar-refractivity contribution in [3.05, 3.63) is 52.2 Å². The number of esters is 2. The number of hydrogen-bond acceptors (Lipinski definition) is 8. The molecule has 0 saturated heterocycles. The number of hydrogen-bond donors (Lipinski definition) is 1. The van der Waals surface area contributed by atoms with Crippen LogP contribution in [0.4, 0.5) is 0 Å². The molecule has 1 amide bonds. The molecule has 9 heteroatoms. The third kappa shape index (κ3) is 7.03. The second-order valence-electron chi connectivity index (χ2n) is 5.85. The summed E-state index contributed by atoms with van der Waals surface area (Å²) in [6.45, 7) is 3.32. The summed E-state index contributed by atoms with van der Waals surface area (Å²) in [5.74, 6) is -1.73. The summed E-state index contributed by atoms with van der Waals surface area (Å²) in [6, 6.07) is 9.66. The Morgan fingerprint density at radius 3 is 2.59 bits per heavy atom. The molecule has 1 N–H and O–H groups in total. The molecule has 154 valence electrons. The van der Waals surface area contributed by atoms with Crippen LogP contribution in [0, 0.1) is 0 Å². The van der Waals surface area contributed by atoms with E-state index < -0.39 is 29.6 Å². The molecule has 0 radical (unpaired) electrons. The molecule has 0 aliphatic heterocycles. The molecule has 29 heavy (non-hydrogen) atoms. The van der Waals surface area contributed by atoms with Gasteiger partial charge in [-0.25, -0.2) is 9.59 Å². The number of rotatable bonds is 9. The van der Waals surface area contributed by atoms with Crippen molar-refractivity contribution < 1.29 is 28.7 Å². The second-order valence-corrected chi connectivity index (χ2v) is 8.11. The minimum absolute atomic E-state index is 0.0585. The summed E-state index contributed by atoms with van der Waals surface area (Å²) in [6.07, 6.45) is 0.672. The van der Waals surface area contributed by atoms with Crippen LogP contribution in [0.3, 0.4) is 0 Å². The van der Waals surface area contributed by atoms with Gasteiger partial charge in [-0.1, -0.05) is 36.9 Å². The first-order chi connectivity index (χ1) is 13.9. The molecule has 2 aromatic rings. The maximum Gasteiger partial charge on any atom is 0.341 e. The van der Waals surface area contributed by atoms with E-state index in [1.807, 2.05) is 6.92 Å². The van der Waals surface area contributed by atoms with E-state index in [2.05, 4.69) is 5.32 Å². The predicted octanol–water partition coefficient (Wildman–Crippen LogP) is 3.30. The Kier molecular flexibility index (Phi) is 8.88. The highest BCUT2D eigenvalue weighted by atomic mass is 32.2. The van der Waals surface area contributed by atoms with Crippen LogP contribution in [-0.2, 0) is 14.3 Å². The van der Waals surface area contributed by atoms with E-state index in [1.54, 1.807) is 36.6 Å². The van der Waals surface area contributed by atoms with Crippen molar-refractivity contribution in [3.63, 3.8) is 0 Å². The Hall–Kier alpha value is -2.65. The maximum atomic E-state index is 12.1. The lowest BCUT2D eigenvalue weighted by molar-refractivity contribution is -0.135. The number of benzene rings is 1. The lowest BCUT2D eigenvalue weighted by Gasteiger charge is -2.12. The number of thioether (sulfide) groups is 1. The van der Waals surface area contributed by atoms with Gasteiger partial charge in [-0.05, 0) is 36.9 Å². The smallest absolute Gasteiger partial charge is 0.341 e. The van der Waals surface area contributed by atoms with Gasteiger partial charge >= 0.3 is 11.9 Å². The van der Waals surface area contributed by atoms with Crippen LogP contribution in [0.2, 0.25) is 0 Å². The molecule has 1 atom stereocenters. The van der Waals surface area contributed by atoms with Crippen molar-refractivity contribution in [3.8, 4) is 5.75 Å². The second kappa shape index (κ2) is 11.4. The Labute approximate surface area is 176 Å². The van der Waals surface area contributed by atoms with Crippen LogP contribution in [0.5, 0.6) is 5.75 Å². The number of amides is 1. The Balaban J connectivity index is 1.86. The van der Waals surface area contributed by atoms with Crippen LogP contribution in [0.25, 0.3) is 0 Å². The van der Waals surface area contributed by atoms with Gasteiger partial charge in [0, 0.05) is 0 Å². The van der Waals surface area contributed by atoms with E-state index >= 15 is 0 Å². The molecule has 1 unspecified atom stereocenters. The summed E-state index contributed by atoms with van der Waals surface area (Å²) in [5, 5.41) is 3.34. The molecule has 0 fully saturated rings. The first-order valence-electron chi connectivity index (χ1n) is 8.91. The van der Waals surface area contributed by atoms with Crippen molar-refractivity contribution in [2.75, 3.05) is 13.2 Å². The highest BCUT2D eigenvalue weighted by Crippen LogP contribution is 2.21. The van der Waals surface area contributed by atoms with Crippen molar-refractivity contribution in [2.45, 2.75) is 25.5 Å². The van der Waals surface area contributed by atoms with Crippen molar-refractivity contribution >= 4 is 46.1 Å². The van der Waals surface area contributed by atoms with E-state index in [0.717, 1.165) is 11.8 Å². The van der Waals surface area contributed by atoms with Gasteiger partial charge in [0.2, 0.25) is 11.0 Å². The summed E-state index contributed by atoms with van der Waals surface area (Å²) >= 11 is 2.18.